The Labute approximate surface area is 141 Å². The molecule has 0 aliphatic carbocycles. The molecular formula is C16H24N6O2. The maximum Gasteiger partial charge on any atom is 0.243 e. The Kier molecular flexibility index (Phi) is 4.96. The first kappa shape index (κ1) is 16.7. The summed E-state index contributed by atoms with van der Waals surface area (Å²) in [5.41, 5.74) is 0.751. The van der Waals surface area contributed by atoms with E-state index < -0.39 is 0 Å². The summed E-state index contributed by atoms with van der Waals surface area (Å²) in [7, 11) is 2.01. The lowest BCUT2D eigenvalue weighted by molar-refractivity contribution is -0.121. The largest absolute Gasteiger partial charge is 0.338 e. The van der Waals surface area contributed by atoms with Crippen molar-refractivity contribution in [2.45, 2.75) is 26.4 Å². The van der Waals surface area contributed by atoms with Gasteiger partial charge in [-0.05, 0) is 13.8 Å². The van der Waals surface area contributed by atoms with Crippen LogP contribution in [0.4, 0.5) is 5.88 Å². The zero-order valence-corrected chi connectivity index (χ0v) is 14.4. The van der Waals surface area contributed by atoms with E-state index in [4.69, 9.17) is 4.52 Å². The van der Waals surface area contributed by atoms with Gasteiger partial charge in [-0.15, -0.1) is 0 Å². The molecule has 1 N–H and O–H groups in total. The van der Waals surface area contributed by atoms with Gasteiger partial charge < -0.3 is 9.09 Å². The van der Waals surface area contributed by atoms with Gasteiger partial charge in [-0.1, -0.05) is 5.16 Å². The normalized spacial score (nSPS) is 17.8. The molecule has 2 aromatic rings. The van der Waals surface area contributed by atoms with Gasteiger partial charge in [0.05, 0.1) is 18.3 Å². The Morgan fingerprint density at radius 3 is 2.71 bits per heavy atom. The van der Waals surface area contributed by atoms with Crippen LogP contribution in [-0.4, -0.2) is 62.6 Å². The molecule has 1 atom stereocenters. The number of piperazine rings is 1. The second kappa shape index (κ2) is 7.14. The molecule has 0 unspecified atom stereocenters. The van der Waals surface area contributed by atoms with E-state index >= 15 is 0 Å². The molecular weight excluding hydrogens is 308 g/mol. The van der Waals surface area contributed by atoms with Gasteiger partial charge in [0, 0.05) is 51.7 Å². The predicted molar refractivity (Wildman–Crippen MR) is 89.4 cm³/mol. The molecule has 0 aromatic carbocycles. The maximum absolute atomic E-state index is 12.3. The highest BCUT2D eigenvalue weighted by Crippen LogP contribution is 2.13. The average Bonchev–Trinajstić information content (AvgIpc) is 3.16. The number of aromatic nitrogens is 3. The lowest BCUT2D eigenvalue weighted by atomic mass is 10.2. The number of rotatable bonds is 5. The van der Waals surface area contributed by atoms with Gasteiger partial charge in [-0.3, -0.25) is 19.9 Å². The maximum atomic E-state index is 12.3. The smallest absolute Gasteiger partial charge is 0.243 e. The summed E-state index contributed by atoms with van der Waals surface area (Å²) in [6.45, 7) is 8.15. The quantitative estimate of drug-likeness (QED) is 0.875. The number of aryl methyl sites for hydroxylation is 2. The van der Waals surface area contributed by atoms with Crippen LogP contribution >= 0.6 is 0 Å². The molecule has 24 heavy (non-hydrogen) atoms. The van der Waals surface area contributed by atoms with Crippen LogP contribution in [0, 0.1) is 6.92 Å². The Hall–Kier alpha value is -2.19. The van der Waals surface area contributed by atoms with Crippen molar-refractivity contribution < 1.29 is 9.32 Å². The summed E-state index contributed by atoms with van der Waals surface area (Å²) in [5, 5.41) is 6.55. The second-order valence-corrected chi connectivity index (χ2v) is 6.26. The summed E-state index contributed by atoms with van der Waals surface area (Å²) >= 11 is 0. The van der Waals surface area contributed by atoms with E-state index in [2.05, 4.69) is 25.3 Å². The van der Waals surface area contributed by atoms with Crippen LogP contribution in [0.25, 0.3) is 0 Å². The van der Waals surface area contributed by atoms with Crippen molar-refractivity contribution in [1.82, 2.24) is 24.5 Å². The van der Waals surface area contributed by atoms with Crippen molar-refractivity contribution in [3.8, 4) is 0 Å². The van der Waals surface area contributed by atoms with Gasteiger partial charge in [0.1, 0.15) is 5.82 Å². The molecule has 1 aliphatic rings. The minimum absolute atomic E-state index is 0.0660. The van der Waals surface area contributed by atoms with E-state index in [0.29, 0.717) is 5.88 Å². The molecule has 8 heteroatoms. The minimum Gasteiger partial charge on any atom is -0.338 e. The lowest BCUT2D eigenvalue weighted by Crippen LogP contribution is -2.52. The molecule has 0 radical (unpaired) electrons. The van der Waals surface area contributed by atoms with E-state index in [1.807, 2.05) is 37.9 Å². The van der Waals surface area contributed by atoms with E-state index in [0.717, 1.165) is 44.2 Å². The molecule has 2 aromatic heterocycles. The highest BCUT2D eigenvalue weighted by atomic mass is 16.5. The van der Waals surface area contributed by atoms with Crippen LogP contribution in [0.15, 0.2) is 23.0 Å². The molecule has 0 bridgehead atoms. The fourth-order valence-corrected chi connectivity index (χ4v) is 2.87. The highest BCUT2D eigenvalue weighted by molar-refractivity contribution is 5.93. The molecule has 3 rings (SSSR count). The van der Waals surface area contributed by atoms with E-state index in [-0.39, 0.29) is 11.9 Å². The monoisotopic (exact) mass is 332 g/mol. The summed E-state index contributed by atoms with van der Waals surface area (Å²) in [4.78, 5) is 21.3. The van der Waals surface area contributed by atoms with Crippen LogP contribution in [0.5, 0.6) is 0 Å². The molecule has 0 saturated carbocycles. The number of nitrogens with one attached hydrogen (secondary N) is 1. The van der Waals surface area contributed by atoms with Crippen molar-refractivity contribution in [3.63, 3.8) is 0 Å². The van der Waals surface area contributed by atoms with Gasteiger partial charge in [0.2, 0.25) is 11.8 Å². The predicted octanol–water partition coefficient (Wildman–Crippen LogP) is 0.861. The number of amides is 1. The number of hydrogen-bond donors (Lipinski definition) is 1. The number of carbonyl (C=O) groups is 1. The molecule has 1 fully saturated rings. The fraction of sp³-hybridized carbons (Fsp3) is 0.562. The van der Waals surface area contributed by atoms with Crippen LogP contribution < -0.4 is 5.32 Å². The number of carbonyl (C=O) groups excluding carboxylic acids is 1. The van der Waals surface area contributed by atoms with Crippen molar-refractivity contribution in [2.75, 3.05) is 31.5 Å². The van der Waals surface area contributed by atoms with E-state index in [1.54, 1.807) is 6.07 Å². The van der Waals surface area contributed by atoms with Crippen LogP contribution in [0.2, 0.25) is 0 Å². The Morgan fingerprint density at radius 1 is 1.38 bits per heavy atom. The topological polar surface area (TPSA) is 79.4 Å². The van der Waals surface area contributed by atoms with Crippen LogP contribution in [-0.2, 0) is 18.4 Å². The minimum atomic E-state index is -0.203. The van der Waals surface area contributed by atoms with Gasteiger partial charge in [-0.25, -0.2) is 4.98 Å². The Balaban J connectivity index is 1.48. The average molecular weight is 332 g/mol. The molecule has 3 heterocycles. The fourth-order valence-electron chi connectivity index (χ4n) is 2.87. The number of imidazole rings is 1. The molecule has 8 nitrogen and oxygen atoms in total. The molecule has 130 valence electrons. The third-order valence-electron chi connectivity index (χ3n) is 4.49. The van der Waals surface area contributed by atoms with Crippen LogP contribution in [0.1, 0.15) is 18.4 Å². The lowest BCUT2D eigenvalue weighted by Gasteiger charge is -2.37. The van der Waals surface area contributed by atoms with E-state index in [9.17, 15) is 4.79 Å². The van der Waals surface area contributed by atoms with Gasteiger partial charge in [-0.2, -0.15) is 0 Å². The number of anilines is 1. The summed E-state index contributed by atoms with van der Waals surface area (Å²) in [6, 6.07) is 1.51. The van der Waals surface area contributed by atoms with Gasteiger partial charge in [0.25, 0.3) is 0 Å². The zero-order chi connectivity index (χ0) is 17.1. The molecule has 0 spiro atoms. The van der Waals surface area contributed by atoms with Gasteiger partial charge >= 0.3 is 0 Å². The number of nitrogens with zero attached hydrogens (tertiary/aromatic N) is 5. The third kappa shape index (κ3) is 3.82. The van der Waals surface area contributed by atoms with Crippen molar-refractivity contribution in [2.24, 2.45) is 7.05 Å². The third-order valence-corrected chi connectivity index (χ3v) is 4.49. The van der Waals surface area contributed by atoms with Gasteiger partial charge in [0.15, 0.2) is 0 Å². The molecule has 1 aliphatic heterocycles. The Bertz CT molecular complexity index is 686. The highest BCUT2D eigenvalue weighted by Gasteiger charge is 2.26. The summed E-state index contributed by atoms with van der Waals surface area (Å²) in [6.07, 6.45) is 3.78. The standard InChI is InChI=1S/C16H24N6O2/c1-12-10-15(24-19-12)18-16(23)13(2)22-8-6-21(7-9-22)11-14-17-4-5-20(14)3/h4-5,10,13H,6-9,11H2,1-3H3,(H,18,23)/t13-/m0/s1. The first-order valence-corrected chi connectivity index (χ1v) is 8.19. The molecule has 1 amide bonds. The molecule has 1 saturated heterocycles. The van der Waals surface area contributed by atoms with Crippen molar-refractivity contribution in [1.29, 1.82) is 0 Å². The first-order valence-electron chi connectivity index (χ1n) is 8.19. The summed E-state index contributed by atoms with van der Waals surface area (Å²) < 4.78 is 7.08. The second-order valence-electron chi connectivity index (χ2n) is 6.26. The number of hydrogen-bond acceptors (Lipinski definition) is 6. The zero-order valence-electron chi connectivity index (χ0n) is 14.4. The Morgan fingerprint density at radius 2 is 2.12 bits per heavy atom. The van der Waals surface area contributed by atoms with E-state index in [1.165, 1.54) is 0 Å². The SMILES string of the molecule is Cc1cc(NC(=O)[C@H](C)N2CCN(Cc3nccn3C)CC2)on1. The first-order chi connectivity index (χ1) is 11.5. The van der Waals surface area contributed by atoms with Crippen LogP contribution in [0.3, 0.4) is 0 Å². The van der Waals surface area contributed by atoms with Crippen molar-refractivity contribution in [3.05, 3.63) is 30.0 Å². The summed E-state index contributed by atoms with van der Waals surface area (Å²) in [5.74, 6) is 1.40. The van der Waals surface area contributed by atoms with Crippen molar-refractivity contribution >= 4 is 11.8 Å².